The quantitative estimate of drug-likeness (QED) is 0.893. The Balaban J connectivity index is 2.03. The van der Waals surface area contributed by atoms with E-state index < -0.39 is 0 Å². The van der Waals surface area contributed by atoms with E-state index in [4.69, 9.17) is 16.3 Å². The summed E-state index contributed by atoms with van der Waals surface area (Å²) in [5.74, 6) is -0.214. The lowest BCUT2D eigenvalue weighted by Crippen LogP contribution is -2.11. The fourth-order valence-electron chi connectivity index (χ4n) is 1.58. The third-order valence-electron chi connectivity index (χ3n) is 2.60. The van der Waals surface area contributed by atoms with Gasteiger partial charge in [-0.15, -0.1) is 0 Å². The van der Waals surface area contributed by atoms with Gasteiger partial charge in [0.2, 0.25) is 0 Å². The molecule has 20 heavy (non-hydrogen) atoms. The molecule has 0 unspecified atom stereocenters. The summed E-state index contributed by atoms with van der Waals surface area (Å²) in [5.41, 5.74) is 1.16. The smallest absolute Gasteiger partial charge is 0.255 e. The number of ether oxygens (including phenoxy) is 1. The van der Waals surface area contributed by atoms with Crippen LogP contribution >= 0.6 is 27.5 Å². The Kier molecular flexibility index (Phi) is 5.17. The number of nitrogens with zero attached hydrogens (tertiary/aromatic N) is 2. The van der Waals surface area contributed by atoms with Crippen molar-refractivity contribution < 1.29 is 9.53 Å². The molecular weight excluding hydrogens is 346 g/mol. The van der Waals surface area contributed by atoms with Crippen molar-refractivity contribution in [1.29, 1.82) is 0 Å². The molecule has 0 spiro atoms. The SMILES string of the molecule is COCCn1cc(NC(=O)c2ccc(Cl)c(Br)c2)cn1. The Hall–Kier alpha value is -1.37. The molecule has 0 aliphatic rings. The number of anilines is 1. The average molecular weight is 359 g/mol. The van der Waals surface area contributed by atoms with Gasteiger partial charge >= 0.3 is 0 Å². The number of hydrogen-bond acceptors (Lipinski definition) is 3. The molecule has 0 fully saturated rings. The van der Waals surface area contributed by atoms with Gasteiger partial charge in [0.25, 0.3) is 5.91 Å². The zero-order chi connectivity index (χ0) is 14.5. The summed E-state index contributed by atoms with van der Waals surface area (Å²) in [6.45, 7) is 1.21. The van der Waals surface area contributed by atoms with Crippen molar-refractivity contribution in [2.45, 2.75) is 6.54 Å². The summed E-state index contributed by atoms with van der Waals surface area (Å²) in [6, 6.07) is 5.01. The highest BCUT2D eigenvalue weighted by molar-refractivity contribution is 9.10. The molecule has 1 aromatic carbocycles. The van der Waals surface area contributed by atoms with Gasteiger partial charge in [0.1, 0.15) is 0 Å². The van der Waals surface area contributed by atoms with Gasteiger partial charge < -0.3 is 10.1 Å². The highest BCUT2D eigenvalue weighted by Crippen LogP contribution is 2.23. The van der Waals surface area contributed by atoms with Gasteiger partial charge in [-0.05, 0) is 34.1 Å². The predicted octanol–water partition coefficient (Wildman–Crippen LogP) is 3.20. The Morgan fingerprint density at radius 3 is 3.05 bits per heavy atom. The van der Waals surface area contributed by atoms with Crippen molar-refractivity contribution in [3.63, 3.8) is 0 Å². The molecular formula is C13H13BrClN3O2. The van der Waals surface area contributed by atoms with E-state index in [1.54, 1.807) is 42.4 Å². The number of hydrogen-bond donors (Lipinski definition) is 1. The van der Waals surface area contributed by atoms with Gasteiger partial charge in [-0.1, -0.05) is 11.6 Å². The van der Waals surface area contributed by atoms with Gasteiger partial charge in [-0.3, -0.25) is 9.48 Å². The maximum Gasteiger partial charge on any atom is 0.255 e. The summed E-state index contributed by atoms with van der Waals surface area (Å²) >= 11 is 9.18. The molecule has 2 aromatic rings. The van der Waals surface area contributed by atoms with Crippen molar-refractivity contribution >= 4 is 39.1 Å². The normalized spacial score (nSPS) is 10.6. The van der Waals surface area contributed by atoms with Crippen LogP contribution in [0.4, 0.5) is 5.69 Å². The molecule has 1 aromatic heterocycles. The van der Waals surface area contributed by atoms with E-state index in [1.165, 1.54) is 0 Å². The van der Waals surface area contributed by atoms with Gasteiger partial charge in [0.15, 0.2) is 0 Å². The largest absolute Gasteiger partial charge is 0.383 e. The van der Waals surface area contributed by atoms with Gasteiger partial charge in [-0.25, -0.2) is 0 Å². The predicted molar refractivity (Wildman–Crippen MR) is 81.2 cm³/mol. The minimum absolute atomic E-state index is 0.214. The third kappa shape index (κ3) is 3.82. The number of carbonyl (C=O) groups excluding carboxylic acids is 1. The van der Waals surface area contributed by atoms with E-state index in [2.05, 4.69) is 26.3 Å². The van der Waals surface area contributed by atoms with Crippen LogP contribution in [0.25, 0.3) is 0 Å². The zero-order valence-corrected chi connectivity index (χ0v) is 13.1. The Morgan fingerprint density at radius 2 is 2.35 bits per heavy atom. The minimum Gasteiger partial charge on any atom is -0.383 e. The maximum atomic E-state index is 12.1. The molecule has 0 saturated heterocycles. The summed E-state index contributed by atoms with van der Waals surface area (Å²) in [6.07, 6.45) is 3.35. The van der Waals surface area contributed by atoms with E-state index in [0.29, 0.717) is 33.9 Å². The second-order valence-electron chi connectivity index (χ2n) is 4.07. The van der Waals surface area contributed by atoms with E-state index in [1.807, 2.05) is 0 Å². The van der Waals surface area contributed by atoms with Crippen molar-refractivity contribution in [2.75, 3.05) is 19.0 Å². The minimum atomic E-state index is -0.214. The van der Waals surface area contributed by atoms with E-state index in [-0.39, 0.29) is 5.91 Å². The fraction of sp³-hybridized carbons (Fsp3) is 0.231. The molecule has 0 atom stereocenters. The molecule has 0 saturated carbocycles. The number of aromatic nitrogens is 2. The number of benzene rings is 1. The molecule has 1 amide bonds. The van der Waals surface area contributed by atoms with Gasteiger partial charge in [-0.2, -0.15) is 5.10 Å². The number of halogens is 2. The Labute approximate surface area is 130 Å². The molecule has 0 aliphatic carbocycles. The first-order valence-corrected chi connectivity index (χ1v) is 7.05. The summed E-state index contributed by atoms with van der Waals surface area (Å²) in [4.78, 5) is 12.1. The van der Waals surface area contributed by atoms with Crippen molar-refractivity contribution in [2.24, 2.45) is 0 Å². The van der Waals surface area contributed by atoms with Crippen LogP contribution in [0.3, 0.4) is 0 Å². The van der Waals surface area contributed by atoms with Crippen LogP contribution in [0.15, 0.2) is 35.1 Å². The van der Waals surface area contributed by atoms with Crippen LogP contribution in [-0.2, 0) is 11.3 Å². The first-order chi connectivity index (χ1) is 9.60. The summed E-state index contributed by atoms with van der Waals surface area (Å²) in [7, 11) is 1.63. The first kappa shape index (κ1) is 15.0. The monoisotopic (exact) mass is 357 g/mol. The standard InChI is InChI=1S/C13H13BrClN3O2/c1-20-5-4-18-8-10(7-16-18)17-13(19)9-2-3-12(15)11(14)6-9/h2-3,6-8H,4-5H2,1H3,(H,17,19). The van der Waals surface area contributed by atoms with Gasteiger partial charge in [0.05, 0.1) is 30.1 Å². The van der Waals surface area contributed by atoms with Crippen LogP contribution in [0.1, 0.15) is 10.4 Å². The topological polar surface area (TPSA) is 56.1 Å². The number of rotatable bonds is 5. The van der Waals surface area contributed by atoms with Crippen LogP contribution in [0, 0.1) is 0 Å². The van der Waals surface area contributed by atoms with Crippen LogP contribution in [0.5, 0.6) is 0 Å². The second-order valence-corrected chi connectivity index (χ2v) is 5.33. The number of methoxy groups -OCH3 is 1. The lowest BCUT2D eigenvalue weighted by Gasteiger charge is -2.04. The molecule has 106 valence electrons. The zero-order valence-electron chi connectivity index (χ0n) is 10.8. The molecule has 1 N–H and O–H groups in total. The van der Waals surface area contributed by atoms with Gasteiger partial charge in [0, 0.05) is 23.3 Å². The molecule has 0 aliphatic heterocycles. The highest BCUT2D eigenvalue weighted by Gasteiger charge is 2.09. The molecule has 5 nitrogen and oxygen atoms in total. The van der Waals surface area contributed by atoms with Crippen LogP contribution < -0.4 is 5.32 Å². The number of amides is 1. The van der Waals surface area contributed by atoms with Crippen molar-refractivity contribution in [3.8, 4) is 0 Å². The van der Waals surface area contributed by atoms with E-state index in [0.717, 1.165) is 0 Å². The third-order valence-corrected chi connectivity index (χ3v) is 3.81. The lowest BCUT2D eigenvalue weighted by molar-refractivity contribution is 0.102. The number of nitrogens with one attached hydrogen (secondary N) is 1. The van der Waals surface area contributed by atoms with Crippen LogP contribution in [0.2, 0.25) is 5.02 Å². The number of carbonyl (C=O) groups is 1. The van der Waals surface area contributed by atoms with E-state index in [9.17, 15) is 4.79 Å². The van der Waals surface area contributed by atoms with Crippen molar-refractivity contribution in [1.82, 2.24) is 9.78 Å². The average Bonchev–Trinajstić information content (AvgIpc) is 2.87. The Bertz CT molecular complexity index is 615. The maximum absolute atomic E-state index is 12.1. The molecule has 2 rings (SSSR count). The van der Waals surface area contributed by atoms with Crippen LogP contribution in [-0.4, -0.2) is 29.4 Å². The lowest BCUT2D eigenvalue weighted by atomic mass is 10.2. The molecule has 7 heteroatoms. The van der Waals surface area contributed by atoms with E-state index >= 15 is 0 Å². The molecule has 0 bridgehead atoms. The first-order valence-electron chi connectivity index (χ1n) is 5.88. The highest BCUT2D eigenvalue weighted by atomic mass is 79.9. The summed E-state index contributed by atoms with van der Waals surface area (Å²) in [5, 5.41) is 7.46. The fourth-order valence-corrected chi connectivity index (χ4v) is 2.07. The Morgan fingerprint density at radius 1 is 1.55 bits per heavy atom. The van der Waals surface area contributed by atoms with Crippen molar-refractivity contribution in [3.05, 3.63) is 45.7 Å². The molecule has 1 heterocycles. The summed E-state index contributed by atoms with van der Waals surface area (Å²) < 4.78 is 7.35. The molecule has 0 radical (unpaired) electrons. The second kappa shape index (κ2) is 6.88.